The number of hydrogen-bond acceptors (Lipinski definition) is 6. The Morgan fingerprint density at radius 1 is 1.00 bits per heavy atom. The van der Waals surface area contributed by atoms with Crippen LogP contribution in [-0.2, 0) is 28.5 Å². The molecule has 2 rings (SSSR count). The summed E-state index contributed by atoms with van der Waals surface area (Å²) in [7, 11) is 0. The lowest BCUT2D eigenvalue weighted by atomic mass is 10.5. The summed E-state index contributed by atoms with van der Waals surface area (Å²) in [6.07, 6.45) is 0.387. The van der Waals surface area contributed by atoms with Gasteiger partial charge in [-0.3, -0.25) is 9.59 Å². The van der Waals surface area contributed by atoms with Gasteiger partial charge in [0.05, 0.1) is 13.2 Å². The summed E-state index contributed by atoms with van der Waals surface area (Å²) >= 11 is 0. The first kappa shape index (κ1) is 12.9. The Hall–Kier alpha value is -1.14. The minimum absolute atomic E-state index is 0.193. The molecular formula is C10H16O6. The lowest BCUT2D eigenvalue weighted by Crippen LogP contribution is -2.05. The van der Waals surface area contributed by atoms with Crippen LogP contribution in [0.5, 0.6) is 0 Å². The van der Waals surface area contributed by atoms with Crippen molar-refractivity contribution in [3.63, 3.8) is 0 Å². The van der Waals surface area contributed by atoms with Crippen molar-refractivity contribution in [2.75, 3.05) is 26.4 Å². The van der Waals surface area contributed by atoms with Gasteiger partial charge in [0.1, 0.15) is 25.4 Å². The van der Waals surface area contributed by atoms with Crippen molar-refractivity contribution in [1.29, 1.82) is 0 Å². The van der Waals surface area contributed by atoms with Crippen LogP contribution in [0.4, 0.5) is 0 Å². The molecule has 2 aliphatic rings. The Morgan fingerprint density at radius 2 is 1.31 bits per heavy atom. The molecule has 6 nitrogen and oxygen atoms in total. The van der Waals surface area contributed by atoms with Gasteiger partial charge in [-0.15, -0.1) is 0 Å². The Bertz CT molecular complexity index is 218. The molecular weight excluding hydrogens is 216 g/mol. The highest BCUT2D eigenvalue weighted by Crippen LogP contribution is 2.08. The standard InChI is InChI=1S/2C5H8O3/c2*1-4(6)7-2-5-3-8-5/h2*5H,2-3H2,1H3. The number of ether oxygens (including phenoxy) is 4. The average Bonchev–Trinajstić information content (AvgIpc) is 3.06. The predicted octanol–water partition coefficient (Wildman–Crippen LogP) is -0.103. The fourth-order valence-corrected chi connectivity index (χ4v) is 0.749. The van der Waals surface area contributed by atoms with E-state index in [1.165, 1.54) is 13.8 Å². The van der Waals surface area contributed by atoms with E-state index >= 15 is 0 Å². The molecule has 0 aromatic carbocycles. The number of carbonyl (C=O) groups excluding carboxylic acids is 2. The van der Waals surface area contributed by atoms with Crippen LogP contribution < -0.4 is 0 Å². The van der Waals surface area contributed by atoms with Crippen molar-refractivity contribution in [2.45, 2.75) is 26.1 Å². The van der Waals surface area contributed by atoms with Crippen molar-refractivity contribution >= 4 is 11.9 Å². The molecule has 2 aliphatic heterocycles. The summed E-state index contributed by atoms with van der Waals surface area (Å²) in [5, 5.41) is 0. The van der Waals surface area contributed by atoms with Crippen LogP contribution in [0.25, 0.3) is 0 Å². The SMILES string of the molecule is CC(=O)OCC1CO1.CC(=O)OCC1CO1. The van der Waals surface area contributed by atoms with Crippen molar-refractivity contribution in [3.05, 3.63) is 0 Å². The molecule has 0 spiro atoms. The fourth-order valence-electron chi connectivity index (χ4n) is 0.749. The smallest absolute Gasteiger partial charge is 0.302 e. The maximum atomic E-state index is 10.1. The zero-order chi connectivity index (χ0) is 12.0. The van der Waals surface area contributed by atoms with E-state index in [4.69, 9.17) is 9.47 Å². The quantitative estimate of drug-likeness (QED) is 0.497. The Labute approximate surface area is 93.8 Å². The van der Waals surface area contributed by atoms with E-state index in [1.54, 1.807) is 0 Å². The number of esters is 2. The third-order valence-corrected chi connectivity index (χ3v) is 1.75. The van der Waals surface area contributed by atoms with Gasteiger partial charge in [-0.25, -0.2) is 0 Å². The van der Waals surface area contributed by atoms with E-state index in [9.17, 15) is 9.59 Å². The molecule has 0 aliphatic carbocycles. The highest BCUT2D eigenvalue weighted by molar-refractivity contribution is 5.66. The molecule has 2 unspecified atom stereocenters. The summed E-state index contributed by atoms with van der Waals surface area (Å²) in [6, 6.07) is 0. The average molecular weight is 232 g/mol. The molecule has 0 radical (unpaired) electrons. The second-order valence-electron chi connectivity index (χ2n) is 3.52. The van der Waals surface area contributed by atoms with Crippen LogP contribution in [0.1, 0.15) is 13.8 Å². The van der Waals surface area contributed by atoms with Gasteiger partial charge >= 0.3 is 11.9 Å². The first-order valence-corrected chi connectivity index (χ1v) is 5.08. The van der Waals surface area contributed by atoms with Crippen molar-refractivity contribution < 1.29 is 28.5 Å². The van der Waals surface area contributed by atoms with Crippen LogP contribution in [0.2, 0.25) is 0 Å². The third kappa shape index (κ3) is 8.19. The third-order valence-electron chi connectivity index (χ3n) is 1.75. The Morgan fingerprint density at radius 3 is 1.50 bits per heavy atom. The van der Waals surface area contributed by atoms with Crippen molar-refractivity contribution in [3.8, 4) is 0 Å². The van der Waals surface area contributed by atoms with Gasteiger partial charge in [0.15, 0.2) is 0 Å². The van der Waals surface area contributed by atoms with E-state index < -0.39 is 0 Å². The molecule has 2 fully saturated rings. The number of carbonyl (C=O) groups is 2. The molecule has 92 valence electrons. The zero-order valence-electron chi connectivity index (χ0n) is 9.43. The molecule has 2 heterocycles. The van der Waals surface area contributed by atoms with Crippen LogP contribution >= 0.6 is 0 Å². The normalized spacial score (nSPS) is 24.9. The number of epoxide rings is 2. The van der Waals surface area contributed by atoms with Gasteiger partial charge in [0, 0.05) is 13.8 Å². The van der Waals surface area contributed by atoms with Gasteiger partial charge in [-0.05, 0) is 0 Å². The summed E-state index contributed by atoms with van der Waals surface area (Å²) in [5.41, 5.74) is 0. The molecule has 0 bridgehead atoms. The van der Waals surface area contributed by atoms with Gasteiger partial charge in [0.25, 0.3) is 0 Å². The first-order chi connectivity index (χ1) is 7.58. The molecule has 6 heteroatoms. The molecule has 2 atom stereocenters. The minimum atomic E-state index is -0.236. The molecule has 0 amide bonds. The Kier molecular flexibility index (Phi) is 5.21. The number of rotatable bonds is 4. The number of hydrogen-bond donors (Lipinski definition) is 0. The molecule has 2 saturated heterocycles. The minimum Gasteiger partial charge on any atom is -0.463 e. The fraction of sp³-hybridized carbons (Fsp3) is 0.800. The van der Waals surface area contributed by atoms with Gasteiger partial charge in [-0.2, -0.15) is 0 Å². The maximum Gasteiger partial charge on any atom is 0.302 e. The largest absolute Gasteiger partial charge is 0.463 e. The topological polar surface area (TPSA) is 77.7 Å². The molecule has 0 aromatic rings. The summed E-state index contributed by atoms with van der Waals surface area (Å²) in [5.74, 6) is -0.471. The lowest BCUT2D eigenvalue weighted by Gasteiger charge is -1.93. The lowest BCUT2D eigenvalue weighted by molar-refractivity contribution is -0.142. The highest BCUT2D eigenvalue weighted by Gasteiger charge is 2.23. The second kappa shape index (κ2) is 6.44. The highest BCUT2D eigenvalue weighted by atomic mass is 16.6. The van der Waals surface area contributed by atoms with Crippen molar-refractivity contribution in [1.82, 2.24) is 0 Å². The summed E-state index contributed by atoms with van der Waals surface area (Å²) in [6.45, 7) is 5.12. The monoisotopic (exact) mass is 232 g/mol. The van der Waals surface area contributed by atoms with Crippen LogP contribution in [-0.4, -0.2) is 50.6 Å². The molecule has 0 aromatic heterocycles. The van der Waals surface area contributed by atoms with Crippen LogP contribution in [0.15, 0.2) is 0 Å². The van der Waals surface area contributed by atoms with E-state index in [0.29, 0.717) is 13.2 Å². The summed E-state index contributed by atoms with van der Waals surface area (Å²) < 4.78 is 18.8. The van der Waals surface area contributed by atoms with E-state index in [2.05, 4.69) is 9.47 Å². The van der Waals surface area contributed by atoms with E-state index in [1.807, 2.05) is 0 Å². The predicted molar refractivity (Wildman–Crippen MR) is 52.7 cm³/mol. The van der Waals surface area contributed by atoms with Crippen LogP contribution in [0.3, 0.4) is 0 Å². The van der Waals surface area contributed by atoms with E-state index in [0.717, 1.165) is 13.2 Å². The maximum absolute atomic E-state index is 10.1. The first-order valence-electron chi connectivity index (χ1n) is 5.08. The summed E-state index contributed by atoms with van der Waals surface area (Å²) in [4.78, 5) is 20.2. The van der Waals surface area contributed by atoms with Crippen LogP contribution in [0, 0.1) is 0 Å². The molecule has 0 saturated carbocycles. The molecule has 0 N–H and O–H groups in total. The second-order valence-corrected chi connectivity index (χ2v) is 3.52. The Balaban J connectivity index is 0.000000160. The van der Waals surface area contributed by atoms with Gasteiger partial charge in [0.2, 0.25) is 0 Å². The zero-order valence-corrected chi connectivity index (χ0v) is 9.43. The van der Waals surface area contributed by atoms with E-state index in [-0.39, 0.29) is 24.1 Å². The van der Waals surface area contributed by atoms with Crippen molar-refractivity contribution in [2.24, 2.45) is 0 Å². The molecule has 16 heavy (non-hydrogen) atoms. The van der Waals surface area contributed by atoms with Gasteiger partial charge < -0.3 is 18.9 Å². The van der Waals surface area contributed by atoms with Gasteiger partial charge in [-0.1, -0.05) is 0 Å².